The van der Waals surface area contributed by atoms with Crippen LogP contribution in [-0.4, -0.2) is 27.7 Å². The highest BCUT2D eigenvalue weighted by Gasteiger charge is 2.12. The third kappa shape index (κ3) is 6.67. The molecule has 0 fully saturated rings. The van der Waals surface area contributed by atoms with Crippen molar-refractivity contribution in [1.82, 2.24) is 5.32 Å². The molecule has 0 unspecified atom stereocenters. The first-order valence-corrected chi connectivity index (χ1v) is 11.1. The zero-order valence-corrected chi connectivity index (χ0v) is 17.9. The zero-order chi connectivity index (χ0) is 20.7. The maximum Gasteiger partial charge on any atom is 0.238 e. The van der Waals surface area contributed by atoms with Gasteiger partial charge < -0.3 is 14.8 Å². The lowest BCUT2D eigenvalue weighted by Crippen LogP contribution is -2.17. The van der Waals surface area contributed by atoms with E-state index in [2.05, 4.69) is 5.32 Å². The Kier molecular flexibility index (Phi) is 8.12. The van der Waals surface area contributed by atoms with Crippen LogP contribution >= 0.6 is 11.6 Å². The third-order valence-electron chi connectivity index (χ3n) is 3.93. The van der Waals surface area contributed by atoms with Gasteiger partial charge in [-0.25, -0.2) is 13.6 Å². The number of hydrogen-bond acceptors (Lipinski definition) is 5. The highest BCUT2D eigenvalue weighted by Crippen LogP contribution is 2.34. The van der Waals surface area contributed by atoms with Gasteiger partial charge >= 0.3 is 0 Å². The molecular weight excluding hydrogens is 400 g/mol. The predicted molar refractivity (Wildman–Crippen MR) is 112 cm³/mol. The highest BCUT2D eigenvalue weighted by atomic mass is 35.5. The second-order valence-corrected chi connectivity index (χ2v) is 8.57. The quantitative estimate of drug-likeness (QED) is 0.567. The third-order valence-corrected chi connectivity index (χ3v) is 5.21. The summed E-state index contributed by atoms with van der Waals surface area (Å²) in [7, 11) is -3.66. The molecule has 3 N–H and O–H groups in total. The molecule has 0 aliphatic rings. The number of sulfonamides is 1. The molecule has 0 radical (unpaired) electrons. The van der Waals surface area contributed by atoms with E-state index in [1.165, 1.54) is 12.1 Å². The summed E-state index contributed by atoms with van der Waals surface area (Å²) in [5.41, 5.74) is 1.94. The molecule has 0 saturated heterocycles. The Bertz CT molecular complexity index is 884. The summed E-state index contributed by atoms with van der Waals surface area (Å²) in [5, 5.41) is 9.06. The Morgan fingerprint density at radius 3 is 2.39 bits per heavy atom. The van der Waals surface area contributed by atoms with Gasteiger partial charge in [-0.3, -0.25) is 0 Å². The fourth-order valence-electron chi connectivity index (χ4n) is 2.63. The van der Waals surface area contributed by atoms with Gasteiger partial charge in [-0.15, -0.1) is 0 Å². The first-order valence-electron chi connectivity index (χ1n) is 9.15. The smallest absolute Gasteiger partial charge is 0.238 e. The number of benzene rings is 2. The monoisotopic (exact) mass is 426 g/mol. The second-order valence-electron chi connectivity index (χ2n) is 6.61. The summed E-state index contributed by atoms with van der Waals surface area (Å²) in [6.07, 6.45) is 0.773. The molecule has 0 aromatic heterocycles. The van der Waals surface area contributed by atoms with Crippen molar-refractivity contribution < 1.29 is 17.9 Å². The molecule has 154 valence electrons. The number of halogens is 1. The minimum atomic E-state index is -3.66. The summed E-state index contributed by atoms with van der Waals surface area (Å²) < 4.78 is 34.0. The van der Waals surface area contributed by atoms with Gasteiger partial charge in [0, 0.05) is 17.6 Å². The molecule has 28 heavy (non-hydrogen) atoms. The lowest BCUT2D eigenvalue weighted by molar-refractivity contribution is 0.223. The van der Waals surface area contributed by atoms with E-state index in [4.69, 9.17) is 26.2 Å². The van der Waals surface area contributed by atoms with Gasteiger partial charge in [-0.2, -0.15) is 0 Å². The van der Waals surface area contributed by atoms with Gasteiger partial charge in [0.05, 0.1) is 17.6 Å². The lowest BCUT2D eigenvalue weighted by Gasteiger charge is -2.17. The zero-order valence-electron chi connectivity index (χ0n) is 16.4. The Morgan fingerprint density at radius 1 is 1.14 bits per heavy atom. The van der Waals surface area contributed by atoms with E-state index >= 15 is 0 Å². The summed E-state index contributed by atoms with van der Waals surface area (Å²) in [4.78, 5) is 0.114. The van der Waals surface area contributed by atoms with Crippen LogP contribution in [0.15, 0.2) is 41.3 Å². The van der Waals surface area contributed by atoms with Crippen molar-refractivity contribution >= 4 is 21.6 Å². The molecule has 0 heterocycles. The van der Waals surface area contributed by atoms with Crippen molar-refractivity contribution in [2.45, 2.75) is 44.7 Å². The summed E-state index contributed by atoms with van der Waals surface area (Å²) >= 11 is 6.40. The highest BCUT2D eigenvalue weighted by molar-refractivity contribution is 7.89. The number of primary sulfonamides is 1. The van der Waals surface area contributed by atoms with Crippen molar-refractivity contribution in [2.75, 3.05) is 13.2 Å². The van der Waals surface area contributed by atoms with Crippen LogP contribution < -0.4 is 19.9 Å². The Hall–Kier alpha value is -1.80. The van der Waals surface area contributed by atoms with E-state index in [0.29, 0.717) is 36.2 Å². The molecule has 2 aromatic rings. The van der Waals surface area contributed by atoms with Crippen molar-refractivity contribution in [2.24, 2.45) is 5.14 Å². The van der Waals surface area contributed by atoms with Gasteiger partial charge in [-0.1, -0.05) is 23.7 Å². The molecule has 2 rings (SSSR count). The van der Waals surface area contributed by atoms with Gasteiger partial charge in [0.2, 0.25) is 10.0 Å². The minimum absolute atomic E-state index is 0.0277. The maximum atomic E-state index is 11.3. The predicted octanol–water partition coefficient (Wildman–Crippen LogP) is 3.51. The largest absolute Gasteiger partial charge is 0.490 e. The summed E-state index contributed by atoms with van der Waals surface area (Å²) in [5.74, 6) is 1.32. The Labute approximate surface area is 172 Å². The maximum absolute atomic E-state index is 11.3. The Balaban J connectivity index is 1.96. The molecular formula is C20H27ClN2O4S. The number of nitrogens with two attached hydrogens (primary N) is 1. The first kappa shape index (κ1) is 22.5. The van der Waals surface area contributed by atoms with E-state index in [9.17, 15) is 8.42 Å². The molecule has 0 aliphatic heterocycles. The van der Waals surface area contributed by atoms with Crippen molar-refractivity contribution in [1.29, 1.82) is 0 Å². The average molecular weight is 427 g/mol. The van der Waals surface area contributed by atoms with E-state index in [0.717, 1.165) is 17.5 Å². The van der Waals surface area contributed by atoms with Gasteiger partial charge in [0.15, 0.2) is 11.5 Å². The van der Waals surface area contributed by atoms with Gasteiger partial charge in [0.25, 0.3) is 0 Å². The van der Waals surface area contributed by atoms with Crippen LogP contribution in [0, 0.1) is 0 Å². The summed E-state index contributed by atoms with van der Waals surface area (Å²) in [6.45, 7) is 7.66. The fourth-order valence-corrected chi connectivity index (χ4v) is 3.36. The van der Waals surface area contributed by atoms with Crippen molar-refractivity contribution in [3.8, 4) is 11.5 Å². The number of hydrogen-bond donors (Lipinski definition) is 2. The molecule has 0 saturated carbocycles. The summed E-state index contributed by atoms with van der Waals surface area (Å²) in [6, 6.07) is 10.2. The van der Waals surface area contributed by atoms with Gasteiger partial charge in [-0.05, 0) is 63.1 Å². The molecule has 0 amide bonds. The average Bonchev–Trinajstić information content (AvgIpc) is 2.61. The number of ether oxygens (including phenoxy) is 2. The van der Waals surface area contributed by atoms with E-state index in [1.54, 1.807) is 18.2 Å². The van der Waals surface area contributed by atoms with Crippen LogP contribution in [0.25, 0.3) is 0 Å². The van der Waals surface area contributed by atoms with Crippen LogP contribution in [0.5, 0.6) is 11.5 Å². The number of nitrogens with one attached hydrogen (secondary N) is 1. The minimum Gasteiger partial charge on any atom is -0.490 e. The topological polar surface area (TPSA) is 90.6 Å². The lowest BCUT2D eigenvalue weighted by atomic mass is 10.1. The van der Waals surface area contributed by atoms with E-state index in [1.807, 2.05) is 26.8 Å². The molecule has 6 nitrogen and oxygen atoms in total. The normalized spacial score (nSPS) is 11.6. The van der Waals surface area contributed by atoms with Crippen LogP contribution in [-0.2, 0) is 23.0 Å². The molecule has 0 atom stereocenters. The molecule has 0 spiro atoms. The van der Waals surface area contributed by atoms with E-state index < -0.39 is 10.0 Å². The second kappa shape index (κ2) is 10.1. The van der Waals surface area contributed by atoms with Crippen LogP contribution in [0.2, 0.25) is 5.02 Å². The SMILES string of the molecule is CCOc1cc(CNCCc2ccc(S(N)(=O)=O)cc2)c(Cl)cc1OC(C)C. The number of rotatable bonds is 10. The van der Waals surface area contributed by atoms with Crippen LogP contribution in [0.4, 0.5) is 0 Å². The van der Waals surface area contributed by atoms with E-state index in [-0.39, 0.29) is 11.0 Å². The standard InChI is InChI=1S/C20H27ClN2O4S/c1-4-26-19-11-16(18(21)12-20(19)27-14(2)3)13-23-10-9-15-5-7-17(8-6-15)28(22,24)25/h5-8,11-12,14,23H,4,9-10,13H2,1-3H3,(H2,22,24,25). The first-order chi connectivity index (χ1) is 13.2. The van der Waals surface area contributed by atoms with Crippen LogP contribution in [0.3, 0.4) is 0 Å². The van der Waals surface area contributed by atoms with Crippen molar-refractivity contribution in [3.63, 3.8) is 0 Å². The molecule has 0 bridgehead atoms. The van der Waals surface area contributed by atoms with Crippen LogP contribution in [0.1, 0.15) is 31.9 Å². The van der Waals surface area contributed by atoms with Gasteiger partial charge in [0.1, 0.15) is 0 Å². The fraction of sp³-hybridized carbons (Fsp3) is 0.400. The Morgan fingerprint density at radius 2 is 1.82 bits per heavy atom. The van der Waals surface area contributed by atoms with Crippen molar-refractivity contribution in [3.05, 3.63) is 52.5 Å². The molecule has 0 aliphatic carbocycles. The molecule has 8 heteroatoms. The molecule has 2 aromatic carbocycles.